The number of aromatic nitrogens is 6. The summed E-state index contributed by atoms with van der Waals surface area (Å²) in [7, 11) is 5.38. The molecule has 5 N–H and O–H groups in total. The molecule has 5 heterocycles. The van der Waals surface area contributed by atoms with Crippen molar-refractivity contribution in [1.82, 2.24) is 39.8 Å². The highest BCUT2D eigenvalue weighted by Crippen LogP contribution is 2.45. The van der Waals surface area contributed by atoms with E-state index in [1.165, 1.54) is 25.3 Å². The zero-order valence-corrected chi connectivity index (χ0v) is 47.2. The number of likely N-dealkylation sites (N-methyl/N-ethyl adjacent to an activating group) is 2. The molecule has 1 saturated carbocycles. The van der Waals surface area contributed by atoms with E-state index < -0.39 is 95.6 Å². The molecular formula is C56H92N8O11. The van der Waals surface area contributed by atoms with Crippen LogP contribution in [0.25, 0.3) is 5.69 Å². The van der Waals surface area contributed by atoms with Crippen LogP contribution in [-0.4, -0.2) is 190 Å². The highest BCUT2D eigenvalue weighted by molar-refractivity contribution is 5.73. The summed E-state index contributed by atoms with van der Waals surface area (Å²) in [6, 6.07) is 7.59. The number of esters is 1. The number of rotatable bonds is 16. The van der Waals surface area contributed by atoms with E-state index in [2.05, 4.69) is 49.8 Å². The van der Waals surface area contributed by atoms with Gasteiger partial charge in [-0.2, -0.15) is 0 Å². The van der Waals surface area contributed by atoms with Crippen molar-refractivity contribution in [2.24, 2.45) is 23.7 Å². The zero-order valence-electron chi connectivity index (χ0n) is 47.2. The molecular weight excluding hydrogens is 961 g/mol. The smallest absolute Gasteiger partial charge is 0.309 e. The van der Waals surface area contributed by atoms with E-state index in [4.69, 9.17) is 23.7 Å². The highest BCUT2D eigenvalue weighted by Gasteiger charge is 2.55. The predicted octanol–water partition coefficient (Wildman–Crippen LogP) is 4.86. The van der Waals surface area contributed by atoms with Gasteiger partial charge in [-0.1, -0.05) is 50.3 Å². The number of ether oxygens (including phenoxy) is 5. The van der Waals surface area contributed by atoms with Crippen LogP contribution < -0.4 is 0 Å². The molecule has 0 bridgehead atoms. The summed E-state index contributed by atoms with van der Waals surface area (Å²) >= 11 is 0. The number of carbonyl (C=O) groups excluding carboxylic acids is 1. The monoisotopic (exact) mass is 1050 g/mol. The molecule has 7 rings (SSSR count). The number of hydrogen-bond donors (Lipinski definition) is 5. The third kappa shape index (κ3) is 13.9. The molecule has 0 radical (unpaired) electrons. The van der Waals surface area contributed by atoms with E-state index in [9.17, 15) is 30.3 Å². The molecule has 0 spiro atoms. The second kappa shape index (κ2) is 24.7. The van der Waals surface area contributed by atoms with Crippen LogP contribution in [0.2, 0.25) is 0 Å². The van der Waals surface area contributed by atoms with E-state index in [1.807, 2.05) is 75.4 Å². The fourth-order valence-corrected chi connectivity index (χ4v) is 12.6. The lowest BCUT2D eigenvalue weighted by Gasteiger charge is -2.51. The molecule has 4 aliphatic rings. The number of methoxy groups -OCH3 is 1. The third-order valence-corrected chi connectivity index (χ3v) is 17.6. The molecule has 4 fully saturated rings. The standard InChI is InChI=1S/C56H92N8O11/c1-14-46-56(10,70)49(66)37(6)62(12)30-33(2)28-54(8,69)51(35(4)47(36(5)52(68)74-46)45-29-55(9,71-13)50(67)38(7)73-45)75-53-48(65)44(27-34(3)72-53)61(11)26-24-41-31-63(59-57-41)25-16-15-17-39-18-22-42(23-19-39)64-32-43(58-60-64)40-20-21-40/h18-19,22-23,31-38,40,44-51,53,65-67,69-70H,14-17,20-21,24-30H2,1-13H3/t33-,34-,35+,36-,37-,38+,44+,45?,46-,47+,48-,49-,50+,51-,53+,54-,55-,56-/m1/s1. The Balaban J connectivity index is 1.05. The van der Waals surface area contributed by atoms with Gasteiger partial charge in [0.2, 0.25) is 0 Å². The van der Waals surface area contributed by atoms with Gasteiger partial charge in [0.05, 0.1) is 64.8 Å². The molecule has 1 aliphatic carbocycles. The van der Waals surface area contributed by atoms with Crippen LogP contribution in [0, 0.1) is 23.7 Å². The number of hydrogen-bond acceptors (Lipinski definition) is 17. The number of benzene rings is 1. The fraction of sp³-hybridized carbons (Fsp3) is 0.804. The number of cyclic esters (lactones) is 1. The molecule has 1 unspecified atom stereocenters. The molecule has 19 heteroatoms. The number of aliphatic hydroxyl groups excluding tert-OH is 3. The van der Waals surface area contributed by atoms with Gasteiger partial charge in [-0.25, -0.2) is 4.68 Å². The molecule has 3 aliphatic heterocycles. The first-order chi connectivity index (χ1) is 35.4. The second-order valence-electron chi connectivity index (χ2n) is 24.0. The fourth-order valence-electron chi connectivity index (χ4n) is 12.6. The van der Waals surface area contributed by atoms with Crippen molar-refractivity contribution in [3.8, 4) is 5.69 Å². The molecule has 19 nitrogen and oxygen atoms in total. The lowest BCUT2D eigenvalue weighted by Crippen LogP contribution is -2.62. The average Bonchev–Trinajstić information content (AvgIpc) is 3.91. The van der Waals surface area contributed by atoms with Gasteiger partial charge in [0.25, 0.3) is 0 Å². The van der Waals surface area contributed by atoms with Crippen molar-refractivity contribution >= 4 is 5.97 Å². The molecule has 0 amide bonds. The van der Waals surface area contributed by atoms with Gasteiger partial charge in [0.15, 0.2) is 6.29 Å². The van der Waals surface area contributed by atoms with Gasteiger partial charge >= 0.3 is 5.97 Å². The van der Waals surface area contributed by atoms with E-state index >= 15 is 0 Å². The quantitative estimate of drug-likeness (QED) is 0.0953. The topological polar surface area (TPSA) is 232 Å². The minimum atomic E-state index is -1.81. The number of unbranched alkanes of at least 4 members (excludes halogenated alkanes) is 1. The van der Waals surface area contributed by atoms with Crippen LogP contribution in [0.3, 0.4) is 0 Å². The summed E-state index contributed by atoms with van der Waals surface area (Å²) in [4.78, 5) is 18.7. The van der Waals surface area contributed by atoms with Gasteiger partial charge in [0.1, 0.15) is 30.0 Å². The Labute approximate surface area is 445 Å². The summed E-state index contributed by atoms with van der Waals surface area (Å²) in [6.45, 7) is 19.9. The summed E-state index contributed by atoms with van der Waals surface area (Å²) < 4.78 is 36.1. The number of carbonyl (C=O) groups is 1. The van der Waals surface area contributed by atoms with Crippen LogP contribution in [0.15, 0.2) is 36.7 Å². The third-order valence-electron chi connectivity index (χ3n) is 17.6. The maximum Gasteiger partial charge on any atom is 0.309 e. The average molecular weight is 1050 g/mol. The zero-order chi connectivity index (χ0) is 54.7. The van der Waals surface area contributed by atoms with Crippen LogP contribution in [0.1, 0.15) is 143 Å². The van der Waals surface area contributed by atoms with Crippen molar-refractivity contribution in [2.45, 2.75) is 230 Å². The highest BCUT2D eigenvalue weighted by atomic mass is 16.7. The van der Waals surface area contributed by atoms with E-state index in [0.717, 1.165) is 42.9 Å². The summed E-state index contributed by atoms with van der Waals surface area (Å²) in [5.74, 6) is -2.51. The van der Waals surface area contributed by atoms with Crippen molar-refractivity contribution in [3.05, 3.63) is 53.6 Å². The molecule has 3 saturated heterocycles. The Bertz CT molecular complexity index is 2280. The lowest BCUT2D eigenvalue weighted by atomic mass is 9.68. The summed E-state index contributed by atoms with van der Waals surface area (Å²) in [6.07, 6.45) is 2.78. The molecule has 1 aromatic carbocycles. The van der Waals surface area contributed by atoms with Crippen molar-refractivity contribution in [3.63, 3.8) is 0 Å². The number of aliphatic hydroxyl groups is 5. The Morgan fingerprint density at radius 2 is 1.60 bits per heavy atom. The first kappa shape index (κ1) is 59.2. The second-order valence-corrected chi connectivity index (χ2v) is 24.0. The maximum absolute atomic E-state index is 14.6. The van der Waals surface area contributed by atoms with Gasteiger partial charge < -0.3 is 59.0 Å². The van der Waals surface area contributed by atoms with Crippen molar-refractivity contribution in [1.29, 1.82) is 0 Å². The molecule has 422 valence electrons. The van der Waals surface area contributed by atoms with Gasteiger partial charge in [-0.15, -0.1) is 10.2 Å². The normalized spacial score (nSPS) is 39.0. The first-order valence-electron chi connectivity index (χ1n) is 27.9. The van der Waals surface area contributed by atoms with Crippen LogP contribution >= 0.6 is 0 Å². The van der Waals surface area contributed by atoms with Crippen molar-refractivity contribution < 1.29 is 54.0 Å². The van der Waals surface area contributed by atoms with Gasteiger partial charge in [0, 0.05) is 69.7 Å². The Morgan fingerprint density at radius 1 is 0.893 bits per heavy atom. The Hall–Kier alpha value is -3.47. The SMILES string of the molecule is CC[C@H]1OC(=O)[C@H](C)[C@@H](C2C[C@@](C)(OC)[C@@H](O)[C@H](C)O2)[C@H](C)[C@@H](O[C@@H]2O[C@H](C)C[C@H](N(C)CCc3cn(CCCCc4ccc(-n5cc(C6CC6)nn5)cc4)nn3)[C@H]2O)[C@](C)(O)C[C@@H](C)CN(C)[C@H](C)[C@@H](O)[C@]1(C)O. The minimum absolute atomic E-state index is 0.162. The first-order valence-corrected chi connectivity index (χ1v) is 27.9. The van der Waals surface area contributed by atoms with Gasteiger partial charge in [-0.05, 0) is 137 Å². The molecule has 2 aromatic heterocycles. The van der Waals surface area contributed by atoms with E-state index in [1.54, 1.807) is 34.8 Å². The minimum Gasteiger partial charge on any atom is -0.459 e. The van der Waals surface area contributed by atoms with E-state index in [0.29, 0.717) is 31.8 Å². The van der Waals surface area contributed by atoms with Crippen LogP contribution in [0.4, 0.5) is 0 Å². The molecule has 75 heavy (non-hydrogen) atoms. The lowest BCUT2D eigenvalue weighted by molar-refractivity contribution is -0.302. The van der Waals surface area contributed by atoms with Crippen LogP contribution in [0.5, 0.6) is 0 Å². The molecule has 3 aromatic rings. The number of nitrogens with zero attached hydrogens (tertiary/aromatic N) is 8. The number of aryl methyl sites for hydroxylation is 2. The Kier molecular flexibility index (Phi) is 19.5. The predicted molar refractivity (Wildman–Crippen MR) is 282 cm³/mol. The molecule has 18 atom stereocenters. The van der Waals surface area contributed by atoms with Gasteiger partial charge in [-0.3, -0.25) is 9.48 Å². The maximum atomic E-state index is 14.6. The summed E-state index contributed by atoms with van der Waals surface area (Å²) in [5, 5.41) is 77.8. The van der Waals surface area contributed by atoms with Crippen molar-refractivity contribution in [2.75, 3.05) is 34.3 Å². The van der Waals surface area contributed by atoms with E-state index in [-0.39, 0.29) is 37.3 Å². The Morgan fingerprint density at radius 3 is 2.27 bits per heavy atom. The summed E-state index contributed by atoms with van der Waals surface area (Å²) in [5.41, 5.74) is -0.211. The van der Waals surface area contributed by atoms with Crippen LogP contribution in [-0.2, 0) is 47.9 Å². The largest absolute Gasteiger partial charge is 0.459 e.